The molecule has 6 nitrogen and oxygen atoms in total. The Morgan fingerprint density at radius 2 is 1.91 bits per heavy atom. The van der Waals surface area contributed by atoms with Gasteiger partial charge >= 0.3 is 0 Å². The van der Waals surface area contributed by atoms with Gasteiger partial charge in [-0.15, -0.1) is 0 Å². The molecule has 0 saturated carbocycles. The van der Waals surface area contributed by atoms with E-state index in [4.69, 9.17) is 18.9 Å². The zero-order valence-corrected chi connectivity index (χ0v) is 12.9. The highest BCUT2D eigenvalue weighted by molar-refractivity contribution is 5.98. The van der Waals surface area contributed by atoms with Crippen LogP contribution in [0, 0.1) is 0 Å². The summed E-state index contributed by atoms with van der Waals surface area (Å²) in [6, 6.07) is 6.24. The molecule has 120 valence electrons. The maximum absolute atomic E-state index is 12.1. The molecule has 0 N–H and O–H groups in total. The van der Waals surface area contributed by atoms with E-state index >= 15 is 0 Å². The molecule has 0 radical (unpaired) electrons. The second kappa shape index (κ2) is 4.27. The van der Waals surface area contributed by atoms with E-state index in [1.54, 1.807) is 6.08 Å². The molecule has 0 spiro atoms. The zero-order chi connectivity index (χ0) is 15.8. The van der Waals surface area contributed by atoms with E-state index in [-0.39, 0.29) is 24.7 Å². The Morgan fingerprint density at radius 1 is 1.13 bits per heavy atom. The number of ketones is 1. The van der Waals surface area contributed by atoms with Crippen LogP contribution in [0.2, 0.25) is 0 Å². The number of rotatable bonds is 2. The van der Waals surface area contributed by atoms with Gasteiger partial charge in [0.15, 0.2) is 29.2 Å². The highest BCUT2D eigenvalue weighted by Crippen LogP contribution is 2.47. The number of fused-ring (bicyclic) bond motifs is 2. The van der Waals surface area contributed by atoms with Crippen molar-refractivity contribution in [3.05, 3.63) is 35.5 Å². The Morgan fingerprint density at radius 3 is 2.78 bits per heavy atom. The third-order valence-corrected chi connectivity index (χ3v) is 4.68. The van der Waals surface area contributed by atoms with Gasteiger partial charge in [-0.1, -0.05) is 6.07 Å². The Kier molecular flexibility index (Phi) is 2.49. The lowest BCUT2D eigenvalue weighted by Crippen LogP contribution is -2.26. The number of hydrogen-bond acceptors (Lipinski definition) is 6. The van der Waals surface area contributed by atoms with Crippen LogP contribution in [0.1, 0.15) is 25.5 Å². The van der Waals surface area contributed by atoms with Gasteiger partial charge < -0.3 is 23.8 Å². The van der Waals surface area contributed by atoms with Crippen molar-refractivity contribution in [2.24, 2.45) is 0 Å². The molecule has 5 rings (SSSR count). The molecule has 0 amide bonds. The van der Waals surface area contributed by atoms with Crippen LogP contribution in [0.3, 0.4) is 0 Å². The largest absolute Gasteiger partial charge is 0.454 e. The highest BCUT2D eigenvalue weighted by atomic mass is 16.8. The molecule has 1 unspecified atom stereocenters. The van der Waals surface area contributed by atoms with Crippen LogP contribution in [0.5, 0.6) is 11.5 Å². The molecule has 3 heterocycles. The Balaban J connectivity index is 1.39. The Bertz CT molecular complexity index is 740. The topological polar surface area (TPSA) is 57.0 Å². The number of ether oxygens (including phenoxy) is 4. The predicted molar refractivity (Wildman–Crippen MR) is 78.9 cm³/mol. The van der Waals surface area contributed by atoms with Crippen LogP contribution in [-0.4, -0.2) is 42.0 Å². The van der Waals surface area contributed by atoms with Gasteiger partial charge in [0.05, 0.1) is 11.7 Å². The third-order valence-electron chi connectivity index (χ3n) is 4.68. The normalized spacial score (nSPS) is 33.0. The third kappa shape index (κ3) is 1.98. The molecule has 3 atom stereocenters. The van der Waals surface area contributed by atoms with Gasteiger partial charge in [-0.2, -0.15) is 0 Å². The lowest BCUT2D eigenvalue weighted by molar-refractivity contribution is -0.153. The number of benzene rings is 1. The smallest absolute Gasteiger partial charge is 0.231 e. The minimum Gasteiger partial charge on any atom is -0.454 e. The van der Waals surface area contributed by atoms with Gasteiger partial charge in [-0.3, -0.25) is 4.79 Å². The zero-order valence-electron chi connectivity index (χ0n) is 12.9. The molecule has 3 aliphatic heterocycles. The number of hydrogen-bond donors (Lipinski definition) is 0. The quantitative estimate of drug-likeness (QED) is 0.775. The molecule has 23 heavy (non-hydrogen) atoms. The van der Waals surface area contributed by atoms with E-state index < -0.39 is 11.9 Å². The lowest BCUT2D eigenvalue weighted by Gasteiger charge is -2.19. The fourth-order valence-corrected chi connectivity index (χ4v) is 3.57. The summed E-state index contributed by atoms with van der Waals surface area (Å²) < 4.78 is 22.4. The van der Waals surface area contributed by atoms with E-state index in [9.17, 15) is 4.79 Å². The molecular formula is C17H17NO5. The van der Waals surface area contributed by atoms with Crippen molar-refractivity contribution >= 4 is 5.78 Å². The van der Waals surface area contributed by atoms with Crippen molar-refractivity contribution < 1.29 is 23.7 Å². The average molecular weight is 315 g/mol. The van der Waals surface area contributed by atoms with Crippen LogP contribution >= 0.6 is 0 Å². The van der Waals surface area contributed by atoms with Crippen molar-refractivity contribution in [1.82, 2.24) is 4.90 Å². The summed E-state index contributed by atoms with van der Waals surface area (Å²) in [5.41, 5.74) is 2.08. The molecule has 2 saturated heterocycles. The molecule has 0 aromatic heterocycles. The van der Waals surface area contributed by atoms with Crippen LogP contribution < -0.4 is 9.47 Å². The summed E-state index contributed by atoms with van der Waals surface area (Å²) in [4.78, 5) is 14.3. The fourth-order valence-electron chi connectivity index (χ4n) is 3.57. The maximum Gasteiger partial charge on any atom is 0.231 e. The first kappa shape index (κ1) is 13.4. The second-order valence-electron chi connectivity index (χ2n) is 6.73. The van der Waals surface area contributed by atoms with Crippen molar-refractivity contribution in [1.29, 1.82) is 0 Å². The molecule has 4 aliphatic rings. The van der Waals surface area contributed by atoms with E-state index in [1.807, 2.05) is 32.0 Å². The summed E-state index contributed by atoms with van der Waals surface area (Å²) in [7, 11) is 0. The minimum absolute atomic E-state index is 0.00749. The van der Waals surface area contributed by atoms with Gasteiger partial charge in [0.1, 0.15) is 6.10 Å². The van der Waals surface area contributed by atoms with Crippen LogP contribution in [-0.2, 0) is 14.3 Å². The van der Waals surface area contributed by atoms with E-state index in [1.165, 1.54) is 0 Å². The van der Waals surface area contributed by atoms with Crippen molar-refractivity contribution in [3.63, 3.8) is 0 Å². The summed E-state index contributed by atoms with van der Waals surface area (Å²) >= 11 is 0. The molecule has 0 bridgehead atoms. The van der Waals surface area contributed by atoms with E-state index in [2.05, 4.69) is 4.90 Å². The molecule has 1 aliphatic carbocycles. The van der Waals surface area contributed by atoms with Gasteiger partial charge in [-0.05, 0) is 31.5 Å². The predicted octanol–water partition coefficient (Wildman–Crippen LogP) is 1.76. The number of nitrogens with zero attached hydrogens (tertiary/aromatic N) is 1. The molecular weight excluding hydrogens is 298 g/mol. The molecule has 2 fully saturated rings. The summed E-state index contributed by atoms with van der Waals surface area (Å²) in [6.07, 6.45) is 0.867. The Hall–Kier alpha value is -2.05. The first-order valence-corrected chi connectivity index (χ1v) is 7.79. The van der Waals surface area contributed by atoms with Gasteiger partial charge in [0.2, 0.25) is 6.79 Å². The van der Waals surface area contributed by atoms with Gasteiger partial charge in [0, 0.05) is 12.6 Å². The van der Waals surface area contributed by atoms with E-state index in [0.29, 0.717) is 0 Å². The standard InChI is InChI=1S/C17H17NO5/c1-17(2)22-15-10(6-12(19)16(15)23-17)18-7-11(18)9-3-4-13-14(5-9)21-8-20-13/h3-6,11,15-16H,7-8H2,1-2H3/t11?,15-,16+,18?/m0/s1. The first-order valence-electron chi connectivity index (χ1n) is 7.79. The monoisotopic (exact) mass is 315 g/mol. The first-order chi connectivity index (χ1) is 11.0. The van der Waals surface area contributed by atoms with Gasteiger partial charge in [0.25, 0.3) is 0 Å². The molecule has 1 aromatic rings. The Labute approximate surface area is 133 Å². The van der Waals surface area contributed by atoms with Crippen LogP contribution in [0.4, 0.5) is 0 Å². The number of carbonyl (C=O) groups excluding carboxylic acids is 1. The van der Waals surface area contributed by atoms with Gasteiger partial charge in [-0.25, -0.2) is 0 Å². The van der Waals surface area contributed by atoms with E-state index in [0.717, 1.165) is 29.3 Å². The SMILES string of the molecule is CC1(C)O[C@@H]2C(=O)C=C(N3CC3c3ccc4c(c3)OCO4)[C@@H]2O1. The summed E-state index contributed by atoms with van der Waals surface area (Å²) in [5.74, 6) is 0.845. The molecule has 6 heteroatoms. The average Bonchev–Trinajstić information content (AvgIpc) is 2.88. The van der Waals surface area contributed by atoms with Crippen LogP contribution in [0.25, 0.3) is 0 Å². The minimum atomic E-state index is -0.714. The number of carbonyl (C=O) groups is 1. The summed E-state index contributed by atoms with van der Waals surface area (Å²) in [6.45, 7) is 4.82. The second-order valence-corrected chi connectivity index (χ2v) is 6.73. The van der Waals surface area contributed by atoms with Crippen molar-refractivity contribution in [3.8, 4) is 11.5 Å². The molecule has 1 aromatic carbocycles. The van der Waals surface area contributed by atoms with Crippen molar-refractivity contribution in [2.75, 3.05) is 13.3 Å². The van der Waals surface area contributed by atoms with Crippen molar-refractivity contribution in [2.45, 2.75) is 37.9 Å². The highest BCUT2D eigenvalue weighted by Gasteiger charge is 2.54. The van der Waals surface area contributed by atoms with Crippen LogP contribution in [0.15, 0.2) is 30.0 Å². The lowest BCUT2D eigenvalue weighted by atomic mass is 10.1. The fraction of sp³-hybridized carbons (Fsp3) is 0.471. The summed E-state index contributed by atoms with van der Waals surface area (Å²) in [5, 5.41) is 0. The maximum atomic E-state index is 12.1.